The van der Waals surface area contributed by atoms with E-state index in [9.17, 15) is 0 Å². The van der Waals surface area contributed by atoms with Crippen LogP contribution in [0, 0.1) is 0 Å². The summed E-state index contributed by atoms with van der Waals surface area (Å²) in [6, 6.07) is 0.933. The van der Waals surface area contributed by atoms with Gasteiger partial charge in [0.1, 0.15) is 0 Å². The monoisotopic (exact) mass is 213 g/mol. The second-order valence-electron chi connectivity index (χ2n) is 4.70. The van der Waals surface area contributed by atoms with Crippen LogP contribution < -0.4 is 0 Å². The summed E-state index contributed by atoms with van der Waals surface area (Å²) in [5, 5.41) is 0. The molecule has 0 spiro atoms. The molecule has 0 bridgehead atoms. The lowest BCUT2D eigenvalue weighted by Crippen LogP contribution is -2.32. The first kappa shape index (κ1) is 10.8. The van der Waals surface area contributed by atoms with Crippen molar-refractivity contribution >= 4 is 11.8 Å². The minimum absolute atomic E-state index is 0.933. The van der Waals surface area contributed by atoms with Crippen molar-refractivity contribution in [2.24, 2.45) is 0 Å². The molecule has 0 N–H and O–H groups in total. The molecule has 1 aliphatic heterocycles. The van der Waals surface area contributed by atoms with Gasteiger partial charge in [-0.1, -0.05) is 38.5 Å². The van der Waals surface area contributed by atoms with Gasteiger partial charge in [0.25, 0.3) is 0 Å². The van der Waals surface area contributed by atoms with Crippen LogP contribution in [0.15, 0.2) is 0 Å². The van der Waals surface area contributed by atoms with Gasteiger partial charge < -0.3 is 0 Å². The normalized spacial score (nSPS) is 28.3. The molecule has 1 heterocycles. The molecule has 14 heavy (non-hydrogen) atoms. The average Bonchev–Trinajstić information content (AvgIpc) is 2.75. The van der Waals surface area contributed by atoms with Gasteiger partial charge >= 0.3 is 0 Å². The maximum atomic E-state index is 2.73. The summed E-state index contributed by atoms with van der Waals surface area (Å²) in [7, 11) is 0. The maximum Gasteiger partial charge on any atom is 0.0448 e. The van der Waals surface area contributed by atoms with E-state index in [1.807, 2.05) is 0 Å². The molecule has 2 rings (SSSR count). The van der Waals surface area contributed by atoms with Crippen LogP contribution in [-0.2, 0) is 0 Å². The third-order valence-electron chi connectivity index (χ3n) is 3.62. The van der Waals surface area contributed by atoms with Crippen LogP contribution in [-0.4, -0.2) is 29.1 Å². The predicted molar refractivity (Wildman–Crippen MR) is 64.8 cm³/mol. The Morgan fingerprint density at radius 3 is 2.07 bits per heavy atom. The lowest BCUT2D eigenvalue weighted by molar-refractivity contribution is 0.224. The zero-order valence-corrected chi connectivity index (χ0v) is 10.0. The van der Waals surface area contributed by atoms with E-state index in [1.54, 1.807) is 0 Å². The fourth-order valence-corrected chi connectivity index (χ4v) is 3.76. The predicted octanol–water partition coefficient (Wildman–Crippen LogP) is 3.50. The first-order valence-corrected chi connectivity index (χ1v) is 7.44. The zero-order chi connectivity index (χ0) is 9.64. The molecule has 2 heteroatoms. The van der Waals surface area contributed by atoms with Gasteiger partial charge in [0.05, 0.1) is 0 Å². The standard InChI is InChI=1S/C12H23NS/c1-2-4-6-8-12(7-5-3-1)13-9-10-14-11-13/h12H,1-11H2. The molecule has 0 aromatic heterocycles. The van der Waals surface area contributed by atoms with Gasteiger partial charge in [-0.05, 0) is 12.8 Å². The van der Waals surface area contributed by atoms with E-state index in [2.05, 4.69) is 16.7 Å². The third kappa shape index (κ3) is 3.16. The topological polar surface area (TPSA) is 3.24 Å². The van der Waals surface area contributed by atoms with E-state index in [4.69, 9.17) is 0 Å². The van der Waals surface area contributed by atoms with E-state index in [0.717, 1.165) is 6.04 Å². The zero-order valence-electron chi connectivity index (χ0n) is 9.21. The van der Waals surface area contributed by atoms with Gasteiger partial charge in [-0.2, -0.15) is 0 Å². The largest absolute Gasteiger partial charge is 0.290 e. The first-order chi connectivity index (χ1) is 6.97. The Bertz CT molecular complexity index is 144. The minimum Gasteiger partial charge on any atom is -0.290 e. The summed E-state index contributed by atoms with van der Waals surface area (Å²) in [5.41, 5.74) is 0. The van der Waals surface area contributed by atoms with Gasteiger partial charge in [0.15, 0.2) is 0 Å². The lowest BCUT2D eigenvalue weighted by atomic mass is 10.0. The highest BCUT2D eigenvalue weighted by atomic mass is 32.2. The molecule has 1 saturated heterocycles. The van der Waals surface area contributed by atoms with Crippen LogP contribution in [0.2, 0.25) is 0 Å². The molecule has 1 saturated carbocycles. The van der Waals surface area contributed by atoms with Crippen molar-refractivity contribution in [2.45, 2.75) is 57.4 Å². The van der Waals surface area contributed by atoms with Crippen LogP contribution in [0.3, 0.4) is 0 Å². The highest BCUT2D eigenvalue weighted by Crippen LogP contribution is 2.25. The van der Waals surface area contributed by atoms with Crippen molar-refractivity contribution in [3.05, 3.63) is 0 Å². The smallest absolute Gasteiger partial charge is 0.0448 e. The molecular weight excluding hydrogens is 190 g/mol. The summed E-state index contributed by atoms with van der Waals surface area (Å²) in [5.74, 6) is 2.68. The maximum absolute atomic E-state index is 2.73. The highest BCUT2D eigenvalue weighted by Gasteiger charge is 2.21. The van der Waals surface area contributed by atoms with Crippen LogP contribution in [0.5, 0.6) is 0 Å². The summed E-state index contributed by atoms with van der Waals surface area (Å²) in [4.78, 5) is 2.73. The number of rotatable bonds is 1. The molecule has 2 aliphatic rings. The Morgan fingerprint density at radius 1 is 0.857 bits per heavy atom. The average molecular weight is 213 g/mol. The van der Waals surface area contributed by atoms with Gasteiger partial charge in [-0.25, -0.2) is 0 Å². The summed E-state index contributed by atoms with van der Waals surface area (Å²) in [6.45, 7) is 1.36. The van der Waals surface area contributed by atoms with Crippen LogP contribution >= 0.6 is 11.8 Å². The van der Waals surface area contributed by atoms with Crippen molar-refractivity contribution in [3.8, 4) is 0 Å². The number of thioether (sulfide) groups is 1. The van der Waals surface area contributed by atoms with Gasteiger partial charge in [-0.3, -0.25) is 4.90 Å². The fourth-order valence-electron chi connectivity index (χ4n) is 2.69. The molecule has 0 radical (unpaired) electrons. The molecule has 0 atom stereocenters. The van der Waals surface area contributed by atoms with E-state index < -0.39 is 0 Å². The van der Waals surface area contributed by atoms with Gasteiger partial charge in [-0.15, -0.1) is 11.8 Å². The Balaban J connectivity index is 1.80. The van der Waals surface area contributed by atoms with Crippen LogP contribution in [0.25, 0.3) is 0 Å². The van der Waals surface area contributed by atoms with Crippen molar-refractivity contribution < 1.29 is 0 Å². The number of hydrogen-bond donors (Lipinski definition) is 0. The van der Waals surface area contributed by atoms with Crippen LogP contribution in [0.1, 0.15) is 51.4 Å². The van der Waals surface area contributed by atoms with Gasteiger partial charge in [0.2, 0.25) is 0 Å². The number of nitrogens with zero attached hydrogens (tertiary/aromatic N) is 1. The minimum atomic E-state index is 0.933. The Hall–Kier alpha value is 0.310. The third-order valence-corrected chi connectivity index (χ3v) is 4.61. The second kappa shape index (κ2) is 6.02. The number of hydrogen-bond acceptors (Lipinski definition) is 2. The molecule has 0 unspecified atom stereocenters. The second-order valence-corrected chi connectivity index (χ2v) is 5.78. The lowest BCUT2D eigenvalue weighted by Gasteiger charge is -2.26. The van der Waals surface area contributed by atoms with Crippen LogP contribution in [0.4, 0.5) is 0 Å². The quantitative estimate of drug-likeness (QED) is 0.656. The summed E-state index contributed by atoms with van der Waals surface area (Å²) < 4.78 is 0. The van der Waals surface area contributed by atoms with Crippen molar-refractivity contribution in [2.75, 3.05) is 18.2 Å². The summed E-state index contributed by atoms with van der Waals surface area (Å²) >= 11 is 2.12. The SMILES string of the molecule is C1CCCCC(N2CCSC2)CCC1. The van der Waals surface area contributed by atoms with Crippen molar-refractivity contribution in [1.29, 1.82) is 0 Å². The van der Waals surface area contributed by atoms with E-state index in [-0.39, 0.29) is 0 Å². The Labute approximate surface area is 92.6 Å². The molecule has 82 valence electrons. The molecule has 0 aromatic carbocycles. The van der Waals surface area contributed by atoms with Crippen molar-refractivity contribution in [3.63, 3.8) is 0 Å². The summed E-state index contributed by atoms with van der Waals surface area (Å²) in [6.07, 6.45) is 11.8. The van der Waals surface area contributed by atoms with Gasteiger partial charge in [0, 0.05) is 24.2 Å². The highest BCUT2D eigenvalue weighted by molar-refractivity contribution is 7.99. The fraction of sp³-hybridized carbons (Fsp3) is 1.00. The Morgan fingerprint density at radius 2 is 1.50 bits per heavy atom. The molecule has 1 nitrogen and oxygen atoms in total. The molecule has 1 aliphatic carbocycles. The van der Waals surface area contributed by atoms with Crippen molar-refractivity contribution in [1.82, 2.24) is 4.90 Å². The van der Waals surface area contributed by atoms with E-state index in [0.29, 0.717) is 0 Å². The van der Waals surface area contributed by atoms with E-state index >= 15 is 0 Å². The molecule has 0 amide bonds. The molecule has 2 fully saturated rings. The molecular formula is C12H23NS. The van der Waals surface area contributed by atoms with E-state index in [1.165, 1.54) is 69.5 Å². The first-order valence-electron chi connectivity index (χ1n) is 6.28. The Kier molecular flexibility index (Phi) is 4.65. The molecule has 0 aromatic rings.